The number of aromatic nitrogens is 1. The number of pyridine rings is 1. The standard InChI is InChI=1S/C28H31BrClNO3/c1-16-8-9-20(14-17(16)2)25-18(3)23(19-10-12-21(30)13-11-19)24(22(15-29)31-25)26(27(32)33-7)34-28(4,5)6/h8-14,26H,15H2,1-7H3/t26-/m0/s1. The Labute approximate surface area is 215 Å². The van der Waals surface area contributed by atoms with Crippen LogP contribution in [-0.4, -0.2) is 23.7 Å². The molecule has 0 unspecified atom stereocenters. The van der Waals surface area contributed by atoms with Crippen LogP contribution in [0.15, 0.2) is 42.5 Å². The lowest BCUT2D eigenvalue weighted by molar-refractivity contribution is -0.164. The maximum atomic E-state index is 13.0. The average Bonchev–Trinajstić information content (AvgIpc) is 2.78. The van der Waals surface area contributed by atoms with Gasteiger partial charge in [0.05, 0.1) is 24.1 Å². The number of methoxy groups -OCH3 is 1. The summed E-state index contributed by atoms with van der Waals surface area (Å²) < 4.78 is 11.5. The van der Waals surface area contributed by atoms with Gasteiger partial charge in [0.2, 0.25) is 0 Å². The van der Waals surface area contributed by atoms with E-state index in [0.717, 1.165) is 33.6 Å². The Kier molecular flexibility index (Phi) is 8.22. The van der Waals surface area contributed by atoms with Crippen molar-refractivity contribution in [2.75, 3.05) is 7.11 Å². The van der Waals surface area contributed by atoms with Crippen LogP contribution < -0.4 is 0 Å². The monoisotopic (exact) mass is 543 g/mol. The second-order valence-corrected chi connectivity index (χ2v) is 10.4. The molecular weight excluding hydrogens is 514 g/mol. The van der Waals surface area contributed by atoms with Gasteiger partial charge in [-0.05, 0) is 87.6 Å². The van der Waals surface area contributed by atoms with E-state index in [1.807, 2.05) is 52.0 Å². The lowest BCUT2D eigenvalue weighted by Crippen LogP contribution is -2.29. The number of benzene rings is 2. The molecule has 0 fully saturated rings. The van der Waals surface area contributed by atoms with Crippen molar-refractivity contribution in [3.05, 3.63) is 75.4 Å². The third-order valence-electron chi connectivity index (χ3n) is 5.75. The molecule has 3 rings (SSSR count). The highest BCUT2D eigenvalue weighted by atomic mass is 79.9. The summed E-state index contributed by atoms with van der Waals surface area (Å²) >= 11 is 9.81. The Morgan fingerprint density at radius 1 is 1.03 bits per heavy atom. The molecule has 0 aliphatic rings. The molecule has 6 heteroatoms. The molecule has 180 valence electrons. The smallest absolute Gasteiger partial charge is 0.339 e. The van der Waals surface area contributed by atoms with Crippen molar-refractivity contribution in [3.63, 3.8) is 0 Å². The highest BCUT2D eigenvalue weighted by Crippen LogP contribution is 2.41. The molecule has 0 saturated carbocycles. The number of carbonyl (C=O) groups excluding carboxylic acids is 1. The maximum Gasteiger partial charge on any atom is 0.339 e. The third kappa shape index (κ3) is 5.70. The molecule has 1 heterocycles. The molecule has 0 bridgehead atoms. The number of rotatable bonds is 6. The minimum atomic E-state index is -0.941. The molecule has 1 atom stereocenters. The molecule has 2 aromatic carbocycles. The summed E-state index contributed by atoms with van der Waals surface area (Å²) in [5, 5.41) is 1.09. The van der Waals surface area contributed by atoms with Crippen molar-refractivity contribution >= 4 is 33.5 Å². The number of alkyl halides is 1. The van der Waals surface area contributed by atoms with Crippen molar-refractivity contribution < 1.29 is 14.3 Å². The fraction of sp³-hybridized carbons (Fsp3) is 0.357. The van der Waals surface area contributed by atoms with Gasteiger partial charge in [0.25, 0.3) is 0 Å². The van der Waals surface area contributed by atoms with Gasteiger partial charge in [0.1, 0.15) is 0 Å². The topological polar surface area (TPSA) is 48.4 Å². The number of carbonyl (C=O) groups is 1. The van der Waals surface area contributed by atoms with Crippen LogP contribution in [0.25, 0.3) is 22.4 Å². The summed E-state index contributed by atoms with van der Waals surface area (Å²) in [6.45, 7) is 12.0. The summed E-state index contributed by atoms with van der Waals surface area (Å²) in [4.78, 5) is 18.1. The summed E-state index contributed by atoms with van der Waals surface area (Å²) in [5.41, 5.74) is 7.93. The summed E-state index contributed by atoms with van der Waals surface area (Å²) in [5.74, 6) is -0.465. The number of nitrogens with zero attached hydrogens (tertiary/aromatic N) is 1. The average molecular weight is 545 g/mol. The first-order chi connectivity index (χ1) is 16.0. The van der Waals surface area contributed by atoms with Gasteiger partial charge >= 0.3 is 5.97 Å². The molecule has 34 heavy (non-hydrogen) atoms. The Morgan fingerprint density at radius 3 is 2.18 bits per heavy atom. The van der Waals surface area contributed by atoms with E-state index in [1.165, 1.54) is 18.2 Å². The van der Waals surface area contributed by atoms with Gasteiger partial charge in [-0.2, -0.15) is 0 Å². The quantitative estimate of drug-likeness (QED) is 0.234. The molecule has 0 amide bonds. The molecule has 0 aliphatic heterocycles. The van der Waals surface area contributed by atoms with Crippen LogP contribution in [0.3, 0.4) is 0 Å². The van der Waals surface area contributed by atoms with Crippen molar-refractivity contribution in [2.45, 2.75) is 58.6 Å². The fourth-order valence-corrected chi connectivity index (χ4v) is 4.53. The molecule has 0 N–H and O–H groups in total. The van der Waals surface area contributed by atoms with Crippen molar-refractivity contribution in [2.24, 2.45) is 0 Å². The van der Waals surface area contributed by atoms with Crippen LogP contribution in [0.5, 0.6) is 0 Å². The first-order valence-corrected chi connectivity index (χ1v) is 12.6. The molecule has 0 aliphatic carbocycles. The summed E-state index contributed by atoms with van der Waals surface area (Å²) in [7, 11) is 1.38. The molecule has 4 nitrogen and oxygen atoms in total. The number of hydrogen-bond donors (Lipinski definition) is 0. The van der Waals surface area contributed by atoms with Gasteiger partial charge in [0, 0.05) is 21.5 Å². The summed E-state index contributed by atoms with van der Waals surface area (Å²) in [6.07, 6.45) is -0.941. The Bertz CT molecular complexity index is 1200. The van der Waals surface area contributed by atoms with Crippen molar-refractivity contribution in [1.29, 1.82) is 0 Å². The minimum Gasteiger partial charge on any atom is -0.467 e. The van der Waals surface area contributed by atoms with Crippen molar-refractivity contribution in [1.82, 2.24) is 4.98 Å². The first kappa shape index (κ1) is 26.4. The zero-order valence-electron chi connectivity index (χ0n) is 20.8. The predicted molar refractivity (Wildman–Crippen MR) is 143 cm³/mol. The van der Waals surface area contributed by atoms with E-state index in [4.69, 9.17) is 26.1 Å². The SMILES string of the molecule is COC(=O)[C@@H](OC(C)(C)C)c1c(CBr)nc(-c2ccc(C)c(C)c2)c(C)c1-c1ccc(Cl)cc1. The van der Waals surface area contributed by atoms with Crippen LogP contribution in [0.2, 0.25) is 5.02 Å². The Morgan fingerprint density at radius 2 is 1.65 bits per heavy atom. The number of ether oxygens (including phenoxy) is 2. The number of aryl methyl sites for hydroxylation is 2. The zero-order chi connectivity index (χ0) is 25.2. The van der Waals surface area contributed by atoms with E-state index in [0.29, 0.717) is 15.9 Å². The fourth-order valence-electron chi connectivity index (χ4n) is 3.97. The van der Waals surface area contributed by atoms with E-state index in [1.54, 1.807) is 0 Å². The van der Waals surface area contributed by atoms with Crippen molar-refractivity contribution in [3.8, 4) is 22.4 Å². The van der Waals surface area contributed by atoms with E-state index in [2.05, 4.69) is 48.0 Å². The van der Waals surface area contributed by atoms with E-state index < -0.39 is 17.7 Å². The Balaban J connectivity index is 2.41. The number of halogens is 2. The highest BCUT2D eigenvalue weighted by Gasteiger charge is 2.34. The molecule has 1 aromatic heterocycles. The lowest BCUT2D eigenvalue weighted by Gasteiger charge is -2.30. The predicted octanol–water partition coefficient (Wildman–Crippen LogP) is 7.92. The van der Waals surface area contributed by atoms with E-state index in [9.17, 15) is 4.79 Å². The zero-order valence-corrected chi connectivity index (χ0v) is 23.1. The number of hydrogen-bond acceptors (Lipinski definition) is 4. The molecular formula is C28H31BrClNO3. The second kappa shape index (κ2) is 10.6. The maximum absolute atomic E-state index is 13.0. The molecule has 0 spiro atoms. The minimum absolute atomic E-state index is 0.446. The largest absolute Gasteiger partial charge is 0.467 e. The van der Waals surface area contributed by atoms with Crippen LogP contribution in [0.4, 0.5) is 0 Å². The van der Waals surface area contributed by atoms with Crippen LogP contribution in [-0.2, 0) is 19.6 Å². The van der Waals surface area contributed by atoms with Crippen LogP contribution in [0, 0.1) is 20.8 Å². The Hall–Kier alpha value is -2.21. The second-order valence-electron chi connectivity index (χ2n) is 9.39. The van der Waals surface area contributed by atoms with Gasteiger partial charge < -0.3 is 9.47 Å². The molecule has 0 saturated heterocycles. The van der Waals surface area contributed by atoms with Gasteiger partial charge in [0.15, 0.2) is 6.10 Å². The van der Waals surface area contributed by atoms with E-state index in [-0.39, 0.29) is 0 Å². The van der Waals surface area contributed by atoms with Gasteiger partial charge in [-0.3, -0.25) is 4.98 Å². The van der Waals surface area contributed by atoms with E-state index >= 15 is 0 Å². The lowest BCUT2D eigenvalue weighted by atomic mass is 9.88. The number of esters is 1. The molecule has 3 aromatic rings. The first-order valence-electron chi connectivity index (χ1n) is 11.2. The van der Waals surface area contributed by atoms with Crippen LogP contribution in [0.1, 0.15) is 54.8 Å². The van der Waals surface area contributed by atoms with Gasteiger partial charge in [-0.15, -0.1) is 0 Å². The highest BCUT2D eigenvalue weighted by molar-refractivity contribution is 9.08. The van der Waals surface area contributed by atoms with Gasteiger partial charge in [-0.1, -0.05) is 51.8 Å². The van der Waals surface area contributed by atoms with Crippen LogP contribution >= 0.6 is 27.5 Å². The third-order valence-corrected chi connectivity index (χ3v) is 6.53. The summed E-state index contributed by atoms with van der Waals surface area (Å²) in [6, 6.07) is 14.0. The normalized spacial score (nSPS) is 12.5. The molecule has 0 radical (unpaired) electrons. The van der Waals surface area contributed by atoms with Gasteiger partial charge in [-0.25, -0.2) is 4.79 Å².